The van der Waals surface area contributed by atoms with Gasteiger partial charge in [-0.1, -0.05) is 11.6 Å². The lowest BCUT2D eigenvalue weighted by Crippen LogP contribution is -1.97. The monoisotopic (exact) mass is 208 g/mol. The van der Waals surface area contributed by atoms with Crippen LogP contribution in [0.2, 0.25) is 5.02 Å². The Balaban J connectivity index is 2.55. The molecule has 0 bridgehead atoms. The van der Waals surface area contributed by atoms with E-state index in [4.69, 9.17) is 17.3 Å². The highest BCUT2D eigenvalue weighted by atomic mass is 35.5. The molecule has 0 saturated carbocycles. The first-order valence-corrected chi connectivity index (χ1v) is 4.48. The molecule has 14 heavy (non-hydrogen) atoms. The molecule has 2 aromatic heterocycles. The minimum Gasteiger partial charge on any atom is -0.382 e. The van der Waals surface area contributed by atoms with Crippen LogP contribution < -0.4 is 5.73 Å². The van der Waals surface area contributed by atoms with Crippen molar-refractivity contribution in [1.29, 1.82) is 0 Å². The Labute approximate surface area is 86.3 Å². The number of hydrogen-bond donors (Lipinski definition) is 1. The highest BCUT2D eigenvalue weighted by Gasteiger charge is 2.05. The maximum Gasteiger partial charge on any atom is 0.148 e. The van der Waals surface area contributed by atoms with Crippen molar-refractivity contribution in [3.8, 4) is 5.69 Å². The van der Waals surface area contributed by atoms with Crippen LogP contribution in [0.1, 0.15) is 5.56 Å². The number of nitrogen functional groups attached to an aromatic ring is 1. The fraction of sp³-hybridized carbons (Fsp3) is 0.111. The number of nitrogens with zero attached hydrogens (tertiary/aromatic N) is 3. The number of aromatic nitrogens is 3. The van der Waals surface area contributed by atoms with Crippen molar-refractivity contribution in [2.45, 2.75) is 6.92 Å². The van der Waals surface area contributed by atoms with E-state index in [1.54, 1.807) is 23.1 Å². The Kier molecular flexibility index (Phi) is 2.13. The fourth-order valence-corrected chi connectivity index (χ4v) is 1.36. The summed E-state index contributed by atoms with van der Waals surface area (Å²) in [6.07, 6.45) is 5.06. The second-order valence-electron chi connectivity index (χ2n) is 2.97. The van der Waals surface area contributed by atoms with E-state index in [1.807, 2.05) is 13.1 Å². The molecule has 0 fully saturated rings. The standard InChI is InChI=1S/C9H9ClN4/c1-6-5-14(13-9(6)11)8-2-3-12-4-7(8)10/h2-5H,1H3,(H2,11,13). The highest BCUT2D eigenvalue weighted by molar-refractivity contribution is 6.32. The lowest BCUT2D eigenvalue weighted by atomic mass is 10.4. The predicted octanol–water partition coefficient (Wildman–Crippen LogP) is 1.81. The average Bonchev–Trinajstić information content (AvgIpc) is 2.48. The minimum absolute atomic E-state index is 0.512. The maximum absolute atomic E-state index is 5.96. The van der Waals surface area contributed by atoms with Crippen molar-refractivity contribution in [1.82, 2.24) is 14.8 Å². The summed E-state index contributed by atoms with van der Waals surface area (Å²) in [5.74, 6) is 0.512. The number of anilines is 1. The van der Waals surface area contributed by atoms with Crippen LogP contribution in [0.25, 0.3) is 5.69 Å². The van der Waals surface area contributed by atoms with Crippen molar-refractivity contribution < 1.29 is 0 Å². The zero-order valence-electron chi connectivity index (χ0n) is 7.61. The number of aryl methyl sites for hydroxylation is 1. The summed E-state index contributed by atoms with van der Waals surface area (Å²) in [4.78, 5) is 3.90. The third-order valence-corrected chi connectivity index (χ3v) is 2.22. The Hall–Kier alpha value is -1.55. The normalized spacial score (nSPS) is 10.4. The van der Waals surface area contributed by atoms with Crippen molar-refractivity contribution in [3.63, 3.8) is 0 Å². The Morgan fingerprint density at radius 2 is 2.29 bits per heavy atom. The topological polar surface area (TPSA) is 56.7 Å². The van der Waals surface area contributed by atoms with E-state index >= 15 is 0 Å². The van der Waals surface area contributed by atoms with Gasteiger partial charge in [0.25, 0.3) is 0 Å². The Morgan fingerprint density at radius 3 is 2.86 bits per heavy atom. The molecule has 0 aliphatic heterocycles. The van der Waals surface area contributed by atoms with Gasteiger partial charge in [-0.2, -0.15) is 5.10 Å². The maximum atomic E-state index is 5.96. The zero-order valence-corrected chi connectivity index (χ0v) is 8.36. The van der Waals surface area contributed by atoms with E-state index < -0.39 is 0 Å². The molecule has 0 amide bonds. The first-order chi connectivity index (χ1) is 6.68. The van der Waals surface area contributed by atoms with Crippen LogP contribution in [0.4, 0.5) is 5.82 Å². The van der Waals surface area contributed by atoms with E-state index in [2.05, 4.69) is 10.1 Å². The third kappa shape index (κ3) is 1.44. The smallest absolute Gasteiger partial charge is 0.148 e. The third-order valence-electron chi connectivity index (χ3n) is 1.93. The summed E-state index contributed by atoms with van der Waals surface area (Å²) in [5.41, 5.74) is 7.35. The van der Waals surface area contributed by atoms with Crippen LogP contribution in [-0.2, 0) is 0 Å². The zero-order chi connectivity index (χ0) is 10.1. The predicted molar refractivity (Wildman–Crippen MR) is 55.5 cm³/mol. The number of halogens is 1. The van der Waals surface area contributed by atoms with Gasteiger partial charge in [0.05, 0.1) is 10.7 Å². The van der Waals surface area contributed by atoms with E-state index in [0.29, 0.717) is 10.8 Å². The molecule has 0 aliphatic rings. The first-order valence-electron chi connectivity index (χ1n) is 4.10. The molecule has 2 rings (SSSR count). The van der Waals surface area contributed by atoms with Crippen LogP contribution in [0.5, 0.6) is 0 Å². The number of rotatable bonds is 1. The van der Waals surface area contributed by atoms with Gasteiger partial charge in [0, 0.05) is 24.2 Å². The summed E-state index contributed by atoms with van der Waals surface area (Å²) >= 11 is 5.96. The molecule has 0 unspecified atom stereocenters. The first kappa shape index (κ1) is 9.02. The van der Waals surface area contributed by atoms with E-state index in [0.717, 1.165) is 11.3 Å². The molecule has 0 saturated heterocycles. The van der Waals surface area contributed by atoms with Crippen LogP contribution >= 0.6 is 11.6 Å². The highest BCUT2D eigenvalue weighted by Crippen LogP contribution is 2.19. The Bertz CT molecular complexity index is 444. The molecule has 5 heteroatoms. The lowest BCUT2D eigenvalue weighted by molar-refractivity contribution is 0.882. The van der Waals surface area contributed by atoms with Crippen LogP contribution in [0.15, 0.2) is 24.7 Å². The van der Waals surface area contributed by atoms with Crippen LogP contribution in [0, 0.1) is 6.92 Å². The van der Waals surface area contributed by atoms with E-state index in [9.17, 15) is 0 Å². The summed E-state index contributed by atoms with van der Waals surface area (Å²) in [6.45, 7) is 1.90. The van der Waals surface area contributed by atoms with E-state index in [-0.39, 0.29) is 0 Å². The fourth-order valence-electron chi connectivity index (χ4n) is 1.15. The van der Waals surface area contributed by atoms with Gasteiger partial charge in [0.15, 0.2) is 0 Å². The molecule has 0 aliphatic carbocycles. The number of pyridine rings is 1. The minimum atomic E-state index is 0.512. The van der Waals surface area contributed by atoms with Gasteiger partial charge in [-0.3, -0.25) is 4.98 Å². The summed E-state index contributed by atoms with van der Waals surface area (Å²) in [7, 11) is 0. The molecule has 2 aromatic rings. The SMILES string of the molecule is Cc1cn(-c2ccncc2Cl)nc1N. The average molecular weight is 209 g/mol. The quantitative estimate of drug-likeness (QED) is 0.778. The number of hydrogen-bond acceptors (Lipinski definition) is 3. The molecule has 2 N–H and O–H groups in total. The second-order valence-corrected chi connectivity index (χ2v) is 3.38. The van der Waals surface area contributed by atoms with Gasteiger partial charge in [0.2, 0.25) is 0 Å². The summed E-state index contributed by atoms with van der Waals surface area (Å²) < 4.78 is 1.65. The van der Waals surface area contributed by atoms with Gasteiger partial charge in [-0.05, 0) is 13.0 Å². The van der Waals surface area contributed by atoms with Gasteiger partial charge in [-0.25, -0.2) is 4.68 Å². The molecule has 4 nitrogen and oxygen atoms in total. The van der Waals surface area contributed by atoms with Crippen molar-refractivity contribution in [3.05, 3.63) is 35.2 Å². The molecule has 0 atom stereocenters. The van der Waals surface area contributed by atoms with Gasteiger partial charge in [0.1, 0.15) is 5.82 Å². The molecule has 72 valence electrons. The summed E-state index contributed by atoms with van der Waals surface area (Å²) in [5, 5.41) is 4.67. The van der Waals surface area contributed by atoms with Crippen LogP contribution in [-0.4, -0.2) is 14.8 Å². The molecular formula is C9H9ClN4. The number of nitrogens with two attached hydrogens (primary N) is 1. The molecule has 0 spiro atoms. The summed E-state index contributed by atoms with van der Waals surface area (Å²) in [6, 6.07) is 1.79. The van der Waals surface area contributed by atoms with Gasteiger partial charge in [-0.15, -0.1) is 0 Å². The van der Waals surface area contributed by atoms with E-state index in [1.165, 1.54) is 0 Å². The largest absolute Gasteiger partial charge is 0.382 e. The Morgan fingerprint density at radius 1 is 1.50 bits per heavy atom. The van der Waals surface area contributed by atoms with Crippen molar-refractivity contribution in [2.75, 3.05) is 5.73 Å². The molecular weight excluding hydrogens is 200 g/mol. The second kappa shape index (κ2) is 3.31. The van der Waals surface area contributed by atoms with Crippen molar-refractivity contribution >= 4 is 17.4 Å². The molecule has 0 radical (unpaired) electrons. The lowest BCUT2D eigenvalue weighted by Gasteiger charge is -2.01. The van der Waals surface area contributed by atoms with Crippen molar-refractivity contribution in [2.24, 2.45) is 0 Å². The molecule has 2 heterocycles. The molecule has 0 aromatic carbocycles. The van der Waals surface area contributed by atoms with Gasteiger partial charge >= 0.3 is 0 Å². The van der Waals surface area contributed by atoms with Crippen LogP contribution in [0.3, 0.4) is 0 Å². The van der Waals surface area contributed by atoms with Gasteiger partial charge < -0.3 is 5.73 Å².